The molecular formula is C14H22ClN7. The third-order valence-electron chi connectivity index (χ3n) is 3.63. The lowest BCUT2D eigenvalue weighted by Gasteiger charge is -2.22. The van der Waals surface area contributed by atoms with Crippen LogP contribution in [0.2, 0.25) is 5.02 Å². The Morgan fingerprint density at radius 3 is 2.64 bits per heavy atom. The maximum atomic E-state index is 6.02. The Labute approximate surface area is 135 Å². The first-order valence-corrected chi connectivity index (χ1v) is 7.37. The van der Waals surface area contributed by atoms with E-state index in [1.807, 2.05) is 54.4 Å². The van der Waals surface area contributed by atoms with Gasteiger partial charge in [-0.25, -0.2) is 0 Å². The number of hydrogen-bond acceptors (Lipinski definition) is 3. The van der Waals surface area contributed by atoms with Gasteiger partial charge in [0, 0.05) is 40.1 Å². The minimum absolute atomic E-state index is 0.572. The fourth-order valence-corrected chi connectivity index (χ4v) is 2.46. The highest BCUT2D eigenvalue weighted by Crippen LogP contribution is 2.14. The highest BCUT2D eigenvalue weighted by atomic mass is 35.5. The van der Waals surface area contributed by atoms with Gasteiger partial charge in [-0.05, 0) is 13.0 Å². The van der Waals surface area contributed by atoms with Gasteiger partial charge in [-0.3, -0.25) is 4.99 Å². The zero-order valence-corrected chi connectivity index (χ0v) is 14.4. The molecule has 0 aliphatic rings. The first kappa shape index (κ1) is 16.4. The van der Waals surface area contributed by atoms with Gasteiger partial charge in [0.1, 0.15) is 5.82 Å². The monoisotopic (exact) mass is 323 g/mol. The number of halogens is 1. The molecule has 2 heterocycles. The minimum Gasteiger partial charge on any atom is -0.351 e. The van der Waals surface area contributed by atoms with Crippen LogP contribution < -0.4 is 5.32 Å². The summed E-state index contributed by atoms with van der Waals surface area (Å²) in [7, 11) is 7.68. The van der Waals surface area contributed by atoms with E-state index in [1.165, 1.54) is 0 Å². The van der Waals surface area contributed by atoms with Crippen LogP contribution in [0, 0.1) is 6.92 Å². The van der Waals surface area contributed by atoms with E-state index >= 15 is 0 Å². The zero-order chi connectivity index (χ0) is 16.3. The van der Waals surface area contributed by atoms with Crippen LogP contribution in [0.15, 0.2) is 17.3 Å². The molecule has 0 unspecified atom stereocenters. The highest BCUT2D eigenvalue weighted by Gasteiger charge is 2.11. The number of rotatable bonds is 4. The molecule has 0 spiro atoms. The van der Waals surface area contributed by atoms with Gasteiger partial charge in [-0.15, -0.1) is 10.2 Å². The SMILES string of the molecule is CN=C(NCc1nnc(C)n1C)N(C)Cc1cc(Cl)cn1C. The van der Waals surface area contributed by atoms with Crippen LogP contribution in [-0.2, 0) is 27.2 Å². The summed E-state index contributed by atoms with van der Waals surface area (Å²) in [5.41, 5.74) is 1.12. The Morgan fingerprint density at radius 2 is 2.14 bits per heavy atom. The van der Waals surface area contributed by atoms with Gasteiger partial charge >= 0.3 is 0 Å². The second kappa shape index (κ2) is 6.83. The summed E-state index contributed by atoms with van der Waals surface area (Å²) in [5, 5.41) is 12.2. The number of hydrogen-bond donors (Lipinski definition) is 1. The van der Waals surface area contributed by atoms with Crippen molar-refractivity contribution in [2.24, 2.45) is 19.1 Å². The number of aliphatic imine (C=N–C) groups is 1. The third-order valence-corrected chi connectivity index (χ3v) is 3.84. The van der Waals surface area contributed by atoms with Crippen LogP contribution in [-0.4, -0.2) is 44.3 Å². The minimum atomic E-state index is 0.572. The molecular weight excluding hydrogens is 302 g/mol. The van der Waals surface area contributed by atoms with E-state index in [1.54, 1.807) is 7.05 Å². The van der Waals surface area contributed by atoms with Crippen LogP contribution in [0.4, 0.5) is 0 Å². The quantitative estimate of drug-likeness (QED) is 0.681. The summed E-state index contributed by atoms with van der Waals surface area (Å²) in [4.78, 5) is 6.34. The van der Waals surface area contributed by atoms with Crippen molar-refractivity contribution in [2.45, 2.75) is 20.0 Å². The van der Waals surface area contributed by atoms with Crippen molar-refractivity contribution in [1.29, 1.82) is 0 Å². The number of nitrogens with one attached hydrogen (secondary N) is 1. The van der Waals surface area contributed by atoms with Gasteiger partial charge < -0.3 is 19.4 Å². The molecule has 0 saturated carbocycles. The van der Waals surface area contributed by atoms with Crippen molar-refractivity contribution in [3.05, 3.63) is 34.6 Å². The standard InChI is InChI=1S/C14H22ClN7/c1-10-18-19-13(22(10)5)7-17-14(16-2)21(4)9-12-6-11(15)8-20(12)3/h6,8H,7,9H2,1-5H3,(H,16,17). The van der Waals surface area contributed by atoms with Crippen LogP contribution in [0.1, 0.15) is 17.3 Å². The smallest absolute Gasteiger partial charge is 0.194 e. The lowest BCUT2D eigenvalue weighted by atomic mass is 10.4. The average molecular weight is 324 g/mol. The zero-order valence-electron chi connectivity index (χ0n) is 13.6. The largest absolute Gasteiger partial charge is 0.351 e. The Bertz CT molecular complexity index is 671. The lowest BCUT2D eigenvalue weighted by Crippen LogP contribution is -2.38. The van der Waals surface area contributed by atoms with Crippen molar-refractivity contribution in [2.75, 3.05) is 14.1 Å². The molecule has 0 amide bonds. The molecule has 0 atom stereocenters. The number of guanidine groups is 1. The molecule has 2 aromatic rings. The maximum Gasteiger partial charge on any atom is 0.194 e. The molecule has 0 aliphatic heterocycles. The molecule has 0 bridgehead atoms. The van der Waals surface area contributed by atoms with Gasteiger partial charge in [0.15, 0.2) is 11.8 Å². The first-order valence-electron chi connectivity index (χ1n) is 6.99. The topological polar surface area (TPSA) is 63.3 Å². The summed E-state index contributed by atoms with van der Waals surface area (Å²) in [6.07, 6.45) is 1.89. The summed E-state index contributed by atoms with van der Waals surface area (Å²) >= 11 is 6.02. The Hall–Kier alpha value is -2.02. The van der Waals surface area contributed by atoms with Gasteiger partial charge in [0.05, 0.1) is 18.1 Å². The van der Waals surface area contributed by atoms with E-state index in [2.05, 4.69) is 20.5 Å². The van der Waals surface area contributed by atoms with E-state index in [-0.39, 0.29) is 0 Å². The molecule has 0 fully saturated rings. The Morgan fingerprint density at radius 1 is 1.41 bits per heavy atom. The highest BCUT2D eigenvalue weighted by molar-refractivity contribution is 6.30. The molecule has 1 N–H and O–H groups in total. The van der Waals surface area contributed by atoms with Crippen LogP contribution in [0.5, 0.6) is 0 Å². The molecule has 8 heteroatoms. The van der Waals surface area contributed by atoms with E-state index in [4.69, 9.17) is 11.6 Å². The van der Waals surface area contributed by atoms with Crippen molar-refractivity contribution >= 4 is 17.6 Å². The predicted molar refractivity (Wildman–Crippen MR) is 87.8 cm³/mol. The molecule has 0 radical (unpaired) electrons. The van der Waals surface area contributed by atoms with Gasteiger partial charge in [-0.2, -0.15) is 0 Å². The van der Waals surface area contributed by atoms with E-state index in [9.17, 15) is 0 Å². The van der Waals surface area contributed by atoms with E-state index in [0.29, 0.717) is 13.1 Å². The number of aryl methyl sites for hydroxylation is 2. The van der Waals surface area contributed by atoms with Crippen LogP contribution in [0.25, 0.3) is 0 Å². The Kier molecular flexibility index (Phi) is 5.07. The van der Waals surface area contributed by atoms with Crippen molar-refractivity contribution < 1.29 is 0 Å². The average Bonchev–Trinajstić information content (AvgIpc) is 2.95. The second-order valence-corrected chi connectivity index (χ2v) is 5.68. The van der Waals surface area contributed by atoms with Gasteiger partial charge in [0.25, 0.3) is 0 Å². The maximum absolute atomic E-state index is 6.02. The third kappa shape index (κ3) is 3.59. The van der Waals surface area contributed by atoms with Gasteiger partial charge in [-0.1, -0.05) is 11.6 Å². The van der Waals surface area contributed by atoms with Crippen molar-refractivity contribution in [3.63, 3.8) is 0 Å². The molecule has 0 aromatic carbocycles. The Balaban J connectivity index is 1.99. The first-order chi connectivity index (χ1) is 10.4. The molecule has 7 nitrogen and oxygen atoms in total. The number of aromatic nitrogens is 4. The van der Waals surface area contributed by atoms with E-state index in [0.717, 1.165) is 28.3 Å². The summed E-state index contributed by atoms with van der Waals surface area (Å²) in [5.74, 6) is 2.55. The molecule has 0 aliphatic carbocycles. The fraction of sp³-hybridized carbons (Fsp3) is 0.500. The molecule has 2 rings (SSSR count). The predicted octanol–water partition coefficient (Wildman–Crippen LogP) is 1.32. The lowest BCUT2D eigenvalue weighted by molar-refractivity contribution is 0.460. The summed E-state index contributed by atoms with van der Waals surface area (Å²) in [6.45, 7) is 3.21. The summed E-state index contributed by atoms with van der Waals surface area (Å²) in [6, 6.07) is 1.96. The molecule has 22 heavy (non-hydrogen) atoms. The van der Waals surface area contributed by atoms with Crippen LogP contribution in [0.3, 0.4) is 0 Å². The van der Waals surface area contributed by atoms with Crippen LogP contribution >= 0.6 is 11.6 Å². The van der Waals surface area contributed by atoms with Gasteiger partial charge in [0.2, 0.25) is 0 Å². The fourth-order valence-electron chi connectivity index (χ4n) is 2.19. The summed E-state index contributed by atoms with van der Waals surface area (Å²) < 4.78 is 3.97. The number of nitrogens with zero attached hydrogens (tertiary/aromatic N) is 6. The van der Waals surface area contributed by atoms with Crippen molar-refractivity contribution in [3.8, 4) is 0 Å². The molecule has 120 valence electrons. The van der Waals surface area contributed by atoms with Crippen molar-refractivity contribution in [1.82, 2.24) is 29.5 Å². The van der Waals surface area contributed by atoms with E-state index < -0.39 is 0 Å². The normalized spacial score (nSPS) is 11.8. The molecule has 2 aromatic heterocycles. The molecule has 0 saturated heterocycles. The second-order valence-electron chi connectivity index (χ2n) is 5.24.